The number of nitrogens with zero attached hydrogens (tertiary/aromatic N) is 1. The van der Waals surface area contributed by atoms with E-state index in [1.807, 2.05) is 0 Å². The standard InChI is InChI=1S/C18H28N2O5/c1-22-9-2-3-10-25-17-14-15(4-5-16(17)18(19)21)24-13-8-20-6-11-23-12-7-20/h4-5,14H,2-3,6-13H2,1H3,(H2,19,21). The van der Waals surface area contributed by atoms with E-state index in [9.17, 15) is 4.79 Å². The molecule has 0 aliphatic carbocycles. The molecule has 0 aromatic heterocycles. The maximum Gasteiger partial charge on any atom is 0.252 e. The molecule has 0 atom stereocenters. The largest absolute Gasteiger partial charge is 0.493 e. The van der Waals surface area contributed by atoms with Crippen molar-refractivity contribution in [2.24, 2.45) is 5.73 Å². The lowest BCUT2D eigenvalue weighted by molar-refractivity contribution is 0.0322. The lowest BCUT2D eigenvalue weighted by atomic mass is 10.2. The number of benzene rings is 1. The maximum atomic E-state index is 11.6. The molecule has 7 heteroatoms. The van der Waals surface area contributed by atoms with Crippen LogP contribution in [-0.2, 0) is 9.47 Å². The smallest absolute Gasteiger partial charge is 0.252 e. The Morgan fingerprint density at radius 2 is 1.92 bits per heavy atom. The normalized spacial score (nSPS) is 15.1. The number of amides is 1. The average molecular weight is 352 g/mol. The van der Waals surface area contributed by atoms with Crippen LogP contribution in [-0.4, -0.2) is 70.6 Å². The molecule has 25 heavy (non-hydrogen) atoms. The van der Waals surface area contributed by atoms with E-state index in [1.54, 1.807) is 25.3 Å². The van der Waals surface area contributed by atoms with E-state index >= 15 is 0 Å². The molecule has 1 aromatic rings. The van der Waals surface area contributed by atoms with Crippen molar-refractivity contribution in [1.29, 1.82) is 0 Å². The van der Waals surface area contributed by atoms with Crippen LogP contribution in [0.5, 0.6) is 11.5 Å². The Morgan fingerprint density at radius 3 is 2.64 bits per heavy atom. The van der Waals surface area contributed by atoms with Crippen molar-refractivity contribution < 1.29 is 23.7 Å². The van der Waals surface area contributed by atoms with Crippen LogP contribution in [0.1, 0.15) is 23.2 Å². The fourth-order valence-corrected chi connectivity index (χ4v) is 2.56. The van der Waals surface area contributed by atoms with Gasteiger partial charge in [-0.05, 0) is 25.0 Å². The van der Waals surface area contributed by atoms with E-state index in [2.05, 4.69) is 4.90 Å². The van der Waals surface area contributed by atoms with Crippen molar-refractivity contribution in [3.05, 3.63) is 23.8 Å². The first kappa shape index (κ1) is 19.5. The number of morpholine rings is 1. The summed E-state index contributed by atoms with van der Waals surface area (Å²) in [4.78, 5) is 13.9. The molecule has 1 saturated heterocycles. The summed E-state index contributed by atoms with van der Waals surface area (Å²) in [5.74, 6) is 0.630. The van der Waals surface area contributed by atoms with Gasteiger partial charge in [-0.3, -0.25) is 9.69 Å². The highest BCUT2D eigenvalue weighted by Crippen LogP contribution is 2.25. The third-order valence-corrected chi connectivity index (χ3v) is 4.00. The third kappa shape index (κ3) is 6.89. The van der Waals surface area contributed by atoms with Gasteiger partial charge >= 0.3 is 0 Å². The number of primary amides is 1. The van der Waals surface area contributed by atoms with Crippen molar-refractivity contribution in [3.63, 3.8) is 0 Å². The van der Waals surface area contributed by atoms with Gasteiger partial charge in [-0.1, -0.05) is 0 Å². The van der Waals surface area contributed by atoms with Crippen LogP contribution in [0.4, 0.5) is 0 Å². The molecule has 1 aromatic carbocycles. The Morgan fingerprint density at radius 1 is 1.16 bits per heavy atom. The van der Waals surface area contributed by atoms with Crippen LogP contribution in [0, 0.1) is 0 Å². The minimum absolute atomic E-state index is 0.368. The van der Waals surface area contributed by atoms with E-state index < -0.39 is 5.91 Å². The van der Waals surface area contributed by atoms with Gasteiger partial charge in [0.05, 0.1) is 25.4 Å². The van der Waals surface area contributed by atoms with Crippen molar-refractivity contribution in [2.45, 2.75) is 12.8 Å². The Balaban J connectivity index is 1.85. The van der Waals surface area contributed by atoms with E-state index in [0.29, 0.717) is 36.9 Å². The van der Waals surface area contributed by atoms with Crippen molar-refractivity contribution in [3.8, 4) is 11.5 Å². The molecule has 1 aliphatic heterocycles. The van der Waals surface area contributed by atoms with Crippen molar-refractivity contribution in [2.75, 3.05) is 59.8 Å². The highest BCUT2D eigenvalue weighted by molar-refractivity contribution is 5.95. The molecule has 1 aliphatic rings. The monoisotopic (exact) mass is 352 g/mol. The van der Waals surface area contributed by atoms with E-state index in [1.165, 1.54) is 0 Å². The molecule has 0 radical (unpaired) electrons. The Kier molecular flexibility index (Phi) is 8.51. The predicted molar refractivity (Wildman–Crippen MR) is 94.3 cm³/mol. The summed E-state index contributed by atoms with van der Waals surface area (Å²) in [5.41, 5.74) is 5.78. The second-order valence-electron chi connectivity index (χ2n) is 5.87. The SMILES string of the molecule is COCCCCOc1cc(OCCN2CCOCC2)ccc1C(N)=O. The lowest BCUT2D eigenvalue weighted by Crippen LogP contribution is -2.38. The molecule has 7 nitrogen and oxygen atoms in total. The number of carbonyl (C=O) groups is 1. The Bertz CT molecular complexity index is 532. The van der Waals surface area contributed by atoms with E-state index in [-0.39, 0.29) is 0 Å². The first-order chi connectivity index (χ1) is 12.2. The van der Waals surface area contributed by atoms with Gasteiger partial charge in [-0.2, -0.15) is 0 Å². The van der Waals surface area contributed by atoms with Gasteiger partial charge in [0.15, 0.2) is 0 Å². The fourth-order valence-electron chi connectivity index (χ4n) is 2.56. The molecule has 1 fully saturated rings. The number of nitrogens with two attached hydrogens (primary N) is 1. The molecule has 0 spiro atoms. The molecule has 1 heterocycles. The topological polar surface area (TPSA) is 83.2 Å². The molecular formula is C18H28N2O5. The van der Waals surface area contributed by atoms with Gasteiger partial charge in [0.1, 0.15) is 18.1 Å². The molecule has 0 bridgehead atoms. The van der Waals surface area contributed by atoms with Crippen molar-refractivity contribution >= 4 is 5.91 Å². The zero-order chi connectivity index (χ0) is 17.9. The number of ether oxygens (including phenoxy) is 4. The minimum atomic E-state index is -0.508. The molecule has 0 saturated carbocycles. The Hall–Kier alpha value is -1.83. The summed E-state index contributed by atoms with van der Waals surface area (Å²) in [6.07, 6.45) is 1.74. The highest BCUT2D eigenvalue weighted by atomic mass is 16.5. The molecular weight excluding hydrogens is 324 g/mol. The van der Waals surface area contributed by atoms with Crippen LogP contribution in [0.15, 0.2) is 18.2 Å². The summed E-state index contributed by atoms with van der Waals surface area (Å²) >= 11 is 0. The van der Waals surface area contributed by atoms with E-state index in [4.69, 9.17) is 24.7 Å². The summed E-state index contributed by atoms with van der Waals surface area (Å²) in [6.45, 7) is 6.01. The second-order valence-corrected chi connectivity index (χ2v) is 5.87. The van der Waals surface area contributed by atoms with Gasteiger partial charge < -0.3 is 24.7 Å². The average Bonchev–Trinajstić information content (AvgIpc) is 2.62. The van der Waals surface area contributed by atoms with Crippen LogP contribution in [0.3, 0.4) is 0 Å². The molecule has 0 unspecified atom stereocenters. The lowest BCUT2D eigenvalue weighted by Gasteiger charge is -2.26. The van der Waals surface area contributed by atoms with Gasteiger partial charge in [0.2, 0.25) is 0 Å². The molecule has 1 amide bonds. The first-order valence-electron chi connectivity index (χ1n) is 8.69. The first-order valence-corrected chi connectivity index (χ1v) is 8.69. The number of rotatable bonds is 11. The minimum Gasteiger partial charge on any atom is -0.493 e. The molecule has 2 rings (SSSR count). The summed E-state index contributed by atoms with van der Waals surface area (Å²) in [5, 5.41) is 0. The van der Waals surface area contributed by atoms with Crippen LogP contribution < -0.4 is 15.2 Å². The summed E-state index contributed by atoms with van der Waals surface area (Å²) in [6, 6.07) is 5.13. The zero-order valence-corrected chi connectivity index (χ0v) is 14.9. The quantitative estimate of drug-likeness (QED) is 0.605. The van der Waals surface area contributed by atoms with Gasteiger partial charge in [-0.25, -0.2) is 0 Å². The summed E-state index contributed by atoms with van der Waals surface area (Å²) < 4.78 is 21.8. The maximum absolute atomic E-state index is 11.6. The molecule has 2 N–H and O–H groups in total. The highest BCUT2D eigenvalue weighted by Gasteiger charge is 2.13. The Labute approximate surface area is 149 Å². The molecule has 140 valence electrons. The number of methoxy groups -OCH3 is 1. The third-order valence-electron chi connectivity index (χ3n) is 4.00. The van der Waals surface area contributed by atoms with Crippen molar-refractivity contribution in [1.82, 2.24) is 4.90 Å². The second kappa shape index (κ2) is 10.9. The zero-order valence-electron chi connectivity index (χ0n) is 14.9. The van der Waals surface area contributed by atoms with Crippen LogP contribution in [0.2, 0.25) is 0 Å². The van der Waals surface area contributed by atoms with Crippen LogP contribution >= 0.6 is 0 Å². The predicted octanol–water partition coefficient (Wildman–Crippen LogP) is 1.30. The van der Waals surface area contributed by atoms with Gasteiger partial charge in [-0.15, -0.1) is 0 Å². The number of hydrogen-bond acceptors (Lipinski definition) is 6. The fraction of sp³-hybridized carbons (Fsp3) is 0.611. The van der Waals surface area contributed by atoms with Crippen LogP contribution in [0.25, 0.3) is 0 Å². The number of carbonyl (C=O) groups excluding carboxylic acids is 1. The van der Waals surface area contributed by atoms with Gasteiger partial charge in [0.25, 0.3) is 5.91 Å². The number of unbranched alkanes of at least 4 members (excludes halogenated alkanes) is 1. The number of hydrogen-bond donors (Lipinski definition) is 1. The van der Waals surface area contributed by atoms with E-state index in [0.717, 1.165) is 45.7 Å². The summed E-state index contributed by atoms with van der Waals surface area (Å²) in [7, 11) is 1.67. The van der Waals surface area contributed by atoms with Gasteiger partial charge in [0, 0.05) is 39.4 Å².